The molecule has 1 aromatic heterocycles. The standard InChI is InChI=1S/C22H20N4O2S/c1-3-27-15-8-4-14(5-9-15)20-19-18(13-6-10-16(29-2)11-7-13)17(12-23)21(24)28-22(19)26-25-20/h4-11,18H,3,24H2,1-2H3,(H,25,26)/t18-/m0/s1. The fraction of sp³-hybridized carbons (Fsp3) is 0.182. The van der Waals surface area contributed by atoms with Crippen molar-refractivity contribution in [3.63, 3.8) is 0 Å². The van der Waals surface area contributed by atoms with Crippen LogP contribution < -0.4 is 15.2 Å². The van der Waals surface area contributed by atoms with Crippen LogP contribution in [0, 0.1) is 11.3 Å². The van der Waals surface area contributed by atoms with Gasteiger partial charge in [-0.1, -0.05) is 12.1 Å². The minimum atomic E-state index is -0.361. The average molecular weight is 404 g/mol. The van der Waals surface area contributed by atoms with Crippen LogP contribution in [0.25, 0.3) is 11.3 Å². The Labute approximate surface area is 173 Å². The van der Waals surface area contributed by atoms with Gasteiger partial charge in [0.05, 0.1) is 23.8 Å². The predicted molar refractivity (Wildman–Crippen MR) is 113 cm³/mol. The van der Waals surface area contributed by atoms with Crippen molar-refractivity contribution in [2.24, 2.45) is 5.73 Å². The molecule has 2 heterocycles. The largest absolute Gasteiger partial charge is 0.494 e. The number of nitrogens with zero attached hydrogens (tertiary/aromatic N) is 2. The first-order valence-corrected chi connectivity index (χ1v) is 10.4. The highest BCUT2D eigenvalue weighted by atomic mass is 32.2. The molecule has 1 aliphatic heterocycles. The van der Waals surface area contributed by atoms with Gasteiger partial charge in [0.25, 0.3) is 0 Å². The summed E-state index contributed by atoms with van der Waals surface area (Å²) >= 11 is 1.67. The number of hydrogen-bond donors (Lipinski definition) is 2. The first-order chi connectivity index (χ1) is 14.2. The Kier molecular flexibility index (Phi) is 5.19. The first-order valence-electron chi connectivity index (χ1n) is 9.19. The molecule has 0 unspecified atom stereocenters. The molecule has 0 radical (unpaired) electrons. The number of fused-ring (bicyclic) bond motifs is 1. The summed E-state index contributed by atoms with van der Waals surface area (Å²) in [5.41, 5.74) is 9.91. The number of nitriles is 1. The second-order valence-electron chi connectivity index (χ2n) is 6.47. The van der Waals surface area contributed by atoms with Crippen molar-refractivity contribution < 1.29 is 9.47 Å². The SMILES string of the molecule is CCOc1ccc(-c2[nH]nc3c2[C@@H](c2ccc(SC)cc2)C(C#N)=C(N)O3)cc1. The number of hydrogen-bond acceptors (Lipinski definition) is 6. The molecule has 1 aliphatic rings. The van der Waals surface area contributed by atoms with Crippen LogP contribution in [-0.4, -0.2) is 23.1 Å². The maximum absolute atomic E-state index is 9.79. The zero-order valence-corrected chi connectivity index (χ0v) is 16.9. The second-order valence-corrected chi connectivity index (χ2v) is 7.35. The number of nitrogens with two attached hydrogens (primary N) is 1. The molecular weight excluding hydrogens is 384 g/mol. The summed E-state index contributed by atoms with van der Waals surface area (Å²) < 4.78 is 11.2. The summed E-state index contributed by atoms with van der Waals surface area (Å²) in [4.78, 5) is 1.15. The van der Waals surface area contributed by atoms with E-state index in [-0.39, 0.29) is 11.8 Å². The molecule has 0 bridgehead atoms. The quantitative estimate of drug-likeness (QED) is 0.611. The van der Waals surface area contributed by atoms with E-state index in [1.54, 1.807) is 11.8 Å². The van der Waals surface area contributed by atoms with Gasteiger partial charge >= 0.3 is 0 Å². The Morgan fingerprint density at radius 1 is 1.21 bits per heavy atom. The Bertz CT molecular complexity index is 1100. The van der Waals surface area contributed by atoms with E-state index >= 15 is 0 Å². The van der Waals surface area contributed by atoms with E-state index in [2.05, 4.69) is 16.3 Å². The Hall–Kier alpha value is -3.37. The van der Waals surface area contributed by atoms with Crippen LogP contribution in [0.15, 0.2) is 64.9 Å². The van der Waals surface area contributed by atoms with Crippen molar-refractivity contribution in [2.75, 3.05) is 12.9 Å². The summed E-state index contributed by atoms with van der Waals surface area (Å²) in [5.74, 6) is 0.917. The lowest BCUT2D eigenvalue weighted by Gasteiger charge is -2.24. The lowest BCUT2D eigenvalue weighted by Crippen LogP contribution is -2.20. The molecule has 2 aromatic carbocycles. The highest BCUT2D eigenvalue weighted by Gasteiger charge is 2.35. The smallest absolute Gasteiger partial charge is 0.244 e. The van der Waals surface area contributed by atoms with Gasteiger partial charge in [-0.2, -0.15) is 5.26 Å². The van der Waals surface area contributed by atoms with Gasteiger partial charge in [-0.3, -0.25) is 5.10 Å². The summed E-state index contributed by atoms with van der Waals surface area (Å²) in [7, 11) is 0. The molecule has 0 amide bonds. The molecular formula is C22H20N4O2S. The molecule has 0 saturated heterocycles. The summed E-state index contributed by atoms with van der Waals surface area (Å²) in [6.45, 7) is 2.56. The van der Waals surface area contributed by atoms with Gasteiger partial charge < -0.3 is 15.2 Å². The van der Waals surface area contributed by atoms with Crippen molar-refractivity contribution >= 4 is 11.8 Å². The van der Waals surface area contributed by atoms with E-state index < -0.39 is 0 Å². The molecule has 0 aliphatic carbocycles. The van der Waals surface area contributed by atoms with E-state index in [0.717, 1.165) is 33.0 Å². The van der Waals surface area contributed by atoms with Crippen molar-refractivity contribution in [3.8, 4) is 29.0 Å². The van der Waals surface area contributed by atoms with Crippen LogP contribution in [0.1, 0.15) is 24.0 Å². The molecule has 1 atom stereocenters. The Morgan fingerprint density at radius 2 is 1.93 bits per heavy atom. The Balaban J connectivity index is 1.84. The number of allylic oxidation sites excluding steroid dienone is 1. The molecule has 6 nitrogen and oxygen atoms in total. The van der Waals surface area contributed by atoms with Crippen molar-refractivity contribution in [2.45, 2.75) is 17.7 Å². The van der Waals surface area contributed by atoms with Crippen molar-refractivity contribution in [1.29, 1.82) is 5.26 Å². The van der Waals surface area contributed by atoms with E-state index in [9.17, 15) is 5.26 Å². The van der Waals surface area contributed by atoms with Gasteiger partial charge in [-0.25, -0.2) is 0 Å². The van der Waals surface area contributed by atoms with E-state index in [4.69, 9.17) is 15.2 Å². The van der Waals surface area contributed by atoms with Crippen LogP contribution in [0.4, 0.5) is 0 Å². The third kappa shape index (κ3) is 3.43. The number of nitrogens with one attached hydrogen (secondary N) is 1. The predicted octanol–water partition coefficient (Wildman–Crippen LogP) is 4.42. The number of ether oxygens (including phenoxy) is 2. The molecule has 0 saturated carbocycles. The van der Waals surface area contributed by atoms with E-state index in [1.165, 1.54) is 0 Å². The molecule has 7 heteroatoms. The van der Waals surface area contributed by atoms with E-state index in [1.807, 2.05) is 61.7 Å². The van der Waals surface area contributed by atoms with Crippen LogP contribution in [0.3, 0.4) is 0 Å². The van der Waals surface area contributed by atoms with Crippen LogP contribution in [0.5, 0.6) is 11.6 Å². The topological polar surface area (TPSA) is 97.0 Å². The summed E-state index contributed by atoms with van der Waals surface area (Å²) in [6, 6.07) is 18.1. The third-order valence-electron chi connectivity index (χ3n) is 4.84. The third-order valence-corrected chi connectivity index (χ3v) is 5.59. The zero-order valence-electron chi connectivity index (χ0n) is 16.1. The maximum atomic E-state index is 9.79. The van der Waals surface area contributed by atoms with Gasteiger partial charge in [0.2, 0.25) is 11.8 Å². The van der Waals surface area contributed by atoms with Crippen LogP contribution >= 0.6 is 11.8 Å². The molecule has 4 rings (SSSR count). The van der Waals surface area contributed by atoms with Gasteiger partial charge in [0, 0.05) is 10.5 Å². The number of aromatic nitrogens is 2. The molecule has 3 N–H and O–H groups in total. The fourth-order valence-electron chi connectivity index (χ4n) is 3.48. The second kappa shape index (κ2) is 7.94. The number of rotatable bonds is 5. The summed E-state index contributed by atoms with van der Waals surface area (Å²) in [6.07, 6.45) is 2.03. The highest BCUT2D eigenvalue weighted by molar-refractivity contribution is 7.98. The number of benzene rings is 2. The molecule has 0 fully saturated rings. The van der Waals surface area contributed by atoms with Crippen LogP contribution in [0.2, 0.25) is 0 Å². The first kappa shape index (κ1) is 19.0. The lowest BCUT2D eigenvalue weighted by molar-refractivity contribution is 0.340. The molecule has 29 heavy (non-hydrogen) atoms. The van der Waals surface area contributed by atoms with Gasteiger partial charge in [-0.05, 0) is 55.1 Å². The Morgan fingerprint density at radius 3 is 2.55 bits per heavy atom. The van der Waals surface area contributed by atoms with E-state index in [0.29, 0.717) is 18.1 Å². The minimum Gasteiger partial charge on any atom is -0.494 e. The van der Waals surface area contributed by atoms with Gasteiger partial charge in [-0.15, -0.1) is 16.9 Å². The molecule has 0 spiro atoms. The molecule has 3 aromatic rings. The normalized spacial score (nSPS) is 15.4. The zero-order chi connectivity index (χ0) is 20.4. The highest BCUT2D eigenvalue weighted by Crippen LogP contribution is 2.45. The summed E-state index contributed by atoms with van der Waals surface area (Å²) in [5, 5.41) is 17.2. The van der Waals surface area contributed by atoms with Crippen LogP contribution in [-0.2, 0) is 0 Å². The van der Waals surface area contributed by atoms with Crippen molar-refractivity contribution in [3.05, 3.63) is 71.1 Å². The maximum Gasteiger partial charge on any atom is 0.244 e. The minimum absolute atomic E-state index is 0.0867. The lowest BCUT2D eigenvalue weighted by atomic mass is 9.83. The van der Waals surface area contributed by atoms with Gasteiger partial charge in [0.1, 0.15) is 17.4 Å². The number of thioether (sulfide) groups is 1. The average Bonchev–Trinajstić information content (AvgIpc) is 3.17. The van der Waals surface area contributed by atoms with Crippen molar-refractivity contribution in [1.82, 2.24) is 10.2 Å². The number of aromatic amines is 1. The molecule has 146 valence electrons. The fourth-order valence-corrected chi connectivity index (χ4v) is 3.89. The number of H-pyrrole nitrogens is 1. The monoisotopic (exact) mass is 404 g/mol. The van der Waals surface area contributed by atoms with Gasteiger partial charge in [0.15, 0.2) is 0 Å².